The van der Waals surface area contributed by atoms with E-state index in [1.165, 1.54) is 23.7 Å². The molecule has 1 saturated heterocycles. The summed E-state index contributed by atoms with van der Waals surface area (Å²) in [4.78, 5) is 11.7. The number of hydrogen-bond donors (Lipinski definition) is 0. The van der Waals surface area contributed by atoms with Crippen molar-refractivity contribution in [2.75, 3.05) is 0 Å². The third-order valence-electron chi connectivity index (χ3n) is 4.45. The summed E-state index contributed by atoms with van der Waals surface area (Å²) in [6.07, 6.45) is 0. The van der Waals surface area contributed by atoms with Crippen molar-refractivity contribution < 1.29 is 18.5 Å². The zero-order valence-corrected chi connectivity index (χ0v) is 13.3. The van der Waals surface area contributed by atoms with E-state index < -0.39 is 24.1 Å². The molecule has 116 valence electrons. The highest BCUT2D eigenvalue weighted by Gasteiger charge is 2.53. The van der Waals surface area contributed by atoms with Crippen LogP contribution < -0.4 is 5.59 Å². The van der Waals surface area contributed by atoms with Crippen LogP contribution in [0.25, 0.3) is 10.9 Å². The summed E-state index contributed by atoms with van der Waals surface area (Å²) in [5.41, 5.74) is -0.116. The van der Waals surface area contributed by atoms with Crippen LogP contribution in [0.1, 0.15) is 39.4 Å². The van der Waals surface area contributed by atoms with Gasteiger partial charge >= 0.3 is 7.12 Å². The van der Waals surface area contributed by atoms with Gasteiger partial charge in [0.25, 0.3) is 0 Å². The second-order valence-corrected chi connectivity index (χ2v) is 6.57. The lowest BCUT2D eigenvalue weighted by Gasteiger charge is -2.32. The number of carbonyl (C=O) groups excluding carboxylic acids is 1. The Morgan fingerprint density at radius 2 is 1.82 bits per heavy atom. The van der Waals surface area contributed by atoms with Crippen LogP contribution in [0.2, 0.25) is 0 Å². The molecule has 7 heteroatoms. The Morgan fingerprint density at radius 1 is 1.23 bits per heavy atom. The fourth-order valence-corrected chi connectivity index (χ4v) is 2.48. The van der Waals surface area contributed by atoms with Gasteiger partial charge in [-0.05, 0) is 39.8 Å². The second kappa shape index (κ2) is 4.63. The van der Waals surface area contributed by atoms with E-state index in [0.29, 0.717) is 16.5 Å². The molecule has 0 N–H and O–H groups in total. The maximum atomic E-state index is 13.5. The minimum absolute atomic E-state index is 0.293. The maximum absolute atomic E-state index is 13.5. The van der Waals surface area contributed by atoms with Gasteiger partial charge in [-0.1, -0.05) is 0 Å². The van der Waals surface area contributed by atoms with E-state index >= 15 is 0 Å². The quantitative estimate of drug-likeness (QED) is 0.757. The number of fused-ring (bicyclic) bond motifs is 1. The number of carbonyl (C=O) groups is 1. The number of hydrogen-bond acceptors (Lipinski definition) is 4. The molecule has 0 spiro atoms. The molecule has 1 fully saturated rings. The molecule has 2 heterocycles. The maximum Gasteiger partial charge on any atom is 0.517 e. The SMILES string of the molecule is CC(=O)n1nc(B2OC(C)(C)C(C)(C)O2)c2ccc(F)cc21. The highest BCUT2D eigenvalue weighted by atomic mass is 19.1. The van der Waals surface area contributed by atoms with Crippen molar-refractivity contribution in [3.05, 3.63) is 24.0 Å². The summed E-state index contributed by atoms with van der Waals surface area (Å²) in [7, 11) is -0.696. The molecule has 0 amide bonds. The van der Waals surface area contributed by atoms with Gasteiger partial charge in [0.1, 0.15) is 11.4 Å². The molecule has 1 aromatic carbocycles. The smallest absolute Gasteiger partial charge is 0.398 e. The summed E-state index contributed by atoms with van der Waals surface area (Å²) in [6.45, 7) is 9.15. The van der Waals surface area contributed by atoms with Gasteiger partial charge in [0.15, 0.2) is 0 Å². The van der Waals surface area contributed by atoms with E-state index in [1.54, 1.807) is 6.07 Å². The molecule has 0 saturated carbocycles. The van der Waals surface area contributed by atoms with Gasteiger partial charge in [-0.25, -0.2) is 9.07 Å². The Morgan fingerprint density at radius 3 is 2.36 bits per heavy atom. The number of halogens is 1. The van der Waals surface area contributed by atoms with Crippen molar-refractivity contribution in [1.82, 2.24) is 9.78 Å². The monoisotopic (exact) mass is 304 g/mol. The average Bonchev–Trinajstić information content (AvgIpc) is 2.84. The summed E-state index contributed by atoms with van der Waals surface area (Å²) in [5, 5.41) is 4.94. The third-order valence-corrected chi connectivity index (χ3v) is 4.45. The van der Waals surface area contributed by atoms with Gasteiger partial charge in [-0.15, -0.1) is 0 Å². The van der Waals surface area contributed by atoms with E-state index in [2.05, 4.69) is 5.10 Å². The molecule has 5 nitrogen and oxygen atoms in total. The topological polar surface area (TPSA) is 53.4 Å². The van der Waals surface area contributed by atoms with E-state index in [1.807, 2.05) is 27.7 Å². The Kier molecular flexibility index (Phi) is 3.20. The predicted octanol–water partition coefficient (Wildman–Crippen LogP) is 2.13. The largest absolute Gasteiger partial charge is 0.517 e. The molecular formula is C15H18BFN2O3. The van der Waals surface area contributed by atoms with Gasteiger partial charge in [0.2, 0.25) is 5.91 Å². The Hall–Kier alpha value is -1.73. The molecule has 22 heavy (non-hydrogen) atoms. The molecule has 3 rings (SSSR count). The summed E-state index contributed by atoms with van der Waals surface area (Å²) >= 11 is 0. The Labute approximate surface area is 128 Å². The zero-order chi connectivity index (χ0) is 16.3. The molecule has 0 radical (unpaired) electrons. The third kappa shape index (κ3) is 2.16. The Balaban J connectivity index is 2.15. The molecule has 0 bridgehead atoms. The molecule has 2 aromatic rings. The van der Waals surface area contributed by atoms with E-state index in [0.717, 1.165) is 0 Å². The van der Waals surface area contributed by atoms with Crippen molar-refractivity contribution in [3.8, 4) is 0 Å². The highest BCUT2D eigenvalue weighted by molar-refractivity contribution is 6.64. The van der Waals surface area contributed by atoms with Crippen LogP contribution in [0.15, 0.2) is 18.2 Å². The van der Waals surface area contributed by atoms with Crippen molar-refractivity contribution in [2.45, 2.75) is 45.8 Å². The number of benzene rings is 1. The highest BCUT2D eigenvalue weighted by Crippen LogP contribution is 2.36. The summed E-state index contributed by atoms with van der Waals surface area (Å²) in [6, 6.07) is 4.22. The minimum Gasteiger partial charge on any atom is -0.398 e. The fourth-order valence-electron chi connectivity index (χ4n) is 2.48. The first kappa shape index (κ1) is 15.2. The van der Waals surface area contributed by atoms with E-state index in [9.17, 15) is 9.18 Å². The molecular weight excluding hydrogens is 286 g/mol. The lowest BCUT2D eigenvalue weighted by Crippen LogP contribution is -2.41. The lowest BCUT2D eigenvalue weighted by atomic mass is 9.82. The summed E-state index contributed by atoms with van der Waals surface area (Å²) in [5.74, 6) is -0.714. The first-order valence-corrected chi connectivity index (χ1v) is 7.17. The molecule has 1 aromatic heterocycles. The second-order valence-electron chi connectivity index (χ2n) is 6.57. The number of aromatic nitrogens is 2. The molecule has 1 aliphatic rings. The fraction of sp³-hybridized carbons (Fsp3) is 0.467. The first-order chi connectivity index (χ1) is 10.1. The van der Waals surface area contributed by atoms with Crippen LogP contribution in [0, 0.1) is 5.82 Å². The van der Waals surface area contributed by atoms with Crippen LogP contribution in [-0.2, 0) is 9.31 Å². The number of rotatable bonds is 1. The minimum atomic E-state index is -0.696. The van der Waals surface area contributed by atoms with Gasteiger partial charge < -0.3 is 9.31 Å². The van der Waals surface area contributed by atoms with Crippen LogP contribution in [0.4, 0.5) is 4.39 Å². The first-order valence-electron chi connectivity index (χ1n) is 7.17. The average molecular weight is 304 g/mol. The van der Waals surface area contributed by atoms with E-state index in [4.69, 9.17) is 9.31 Å². The van der Waals surface area contributed by atoms with Crippen LogP contribution in [0.3, 0.4) is 0 Å². The predicted molar refractivity (Wildman–Crippen MR) is 81.7 cm³/mol. The number of nitrogens with zero attached hydrogens (tertiary/aromatic N) is 2. The van der Waals surface area contributed by atoms with E-state index in [-0.39, 0.29) is 5.91 Å². The summed E-state index contributed by atoms with van der Waals surface area (Å²) < 4.78 is 26.6. The molecule has 0 unspecified atom stereocenters. The van der Waals surface area contributed by atoms with Crippen LogP contribution in [0.5, 0.6) is 0 Å². The van der Waals surface area contributed by atoms with Crippen LogP contribution >= 0.6 is 0 Å². The lowest BCUT2D eigenvalue weighted by molar-refractivity contribution is 0.00578. The molecule has 1 aliphatic heterocycles. The van der Waals surface area contributed by atoms with Gasteiger partial charge in [-0.2, -0.15) is 5.10 Å². The van der Waals surface area contributed by atoms with Crippen molar-refractivity contribution in [1.29, 1.82) is 0 Å². The normalized spacial score (nSPS) is 19.8. The van der Waals surface area contributed by atoms with Gasteiger partial charge in [0.05, 0.1) is 16.7 Å². The Bertz CT molecular complexity index is 753. The molecule has 0 atom stereocenters. The van der Waals surface area contributed by atoms with Crippen molar-refractivity contribution in [3.63, 3.8) is 0 Å². The molecule has 0 aliphatic carbocycles. The van der Waals surface area contributed by atoms with Gasteiger partial charge in [0, 0.05) is 18.4 Å². The van der Waals surface area contributed by atoms with Crippen molar-refractivity contribution in [2.24, 2.45) is 0 Å². The van der Waals surface area contributed by atoms with Gasteiger partial charge in [-0.3, -0.25) is 4.79 Å². The zero-order valence-electron chi connectivity index (χ0n) is 13.3. The standard InChI is InChI=1S/C15H18BFN2O3/c1-9(20)19-12-8-10(17)6-7-11(12)13(18-19)16-21-14(2,3)15(4,5)22-16/h6-8H,1-5H3. The van der Waals surface area contributed by atoms with Crippen molar-refractivity contribution >= 4 is 29.5 Å². The van der Waals surface area contributed by atoms with Crippen LogP contribution in [-0.4, -0.2) is 34.0 Å².